The molecule has 0 N–H and O–H groups in total. The fraction of sp³-hybridized carbons (Fsp3) is 0.0492. The van der Waals surface area contributed by atoms with E-state index in [2.05, 4.69) is 590 Å². The molecule has 4 aliphatic rings. The Morgan fingerprint density at radius 3 is 0.586 bits per heavy atom. The van der Waals surface area contributed by atoms with Crippen molar-refractivity contribution in [3.05, 3.63) is 574 Å². The molecule has 140 heavy (non-hydrogen) atoms. The molecule has 22 rings (SSSR count). The summed E-state index contributed by atoms with van der Waals surface area (Å²) in [4.78, 5) is 19.9. The third-order valence-corrected chi connectivity index (χ3v) is 57.4. The molecule has 4 aliphatic heterocycles. The molecule has 16 aromatic carbocycles. The summed E-state index contributed by atoms with van der Waals surface area (Å²) in [6.07, 6.45) is 0. The number of halogens is 2. The minimum absolute atomic E-state index is 0. The maximum atomic E-state index is 2.47. The van der Waals surface area contributed by atoms with Crippen LogP contribution in [0.25, 0.3) is 24.5 Å². The average molecular weight is 2490 g/mol. The van der Waals surface area contributed by atoms with Crippen molar-refractivity contribution < 1.29 is 20.4 Å². The summed E-state index contributed by atoms with van der Waals surface area (Å²) in [7, 11) is -1.78. The second-order valence-electron chi connectivity index (χ2n) is 32.6. The van der Waals surface area contributed by atoms with Gasteiger partial charge in [0.25, 0.3) is 0 Å². The van der Waals surface area contributed by atoms with Crippen LogP contribution in [0.3, 0.4) is 0 Å². The minimum Gasteiger partial charge on any atom is -0.0786 e. The third-order valence-electron chi connectivity index (χ3n) is 21.6. The molecule has 0 saturated heterocycles. The van der Waals surface area contributed by atoms with Crippen molar-refractivity contribution >= 4 is 303 Å². The number of rotatable bonds is 18. The van der Waals surface area contributed by atoms with Gasteiger partial charge in [0, 0.05) is 59.6 Å². The van der Waals surface area contributed by atoms with Gasteiger partial charge in [0.1, 0.15) is 0 Å². The molecule has 698 valence electrons. The fourth-order valence-electron chi connectivity index (χ4n) is 15.0. The van der Waals surface area contributed by atoms with Crippen LogP contribution in [-0.2, 0) is 20.4 Å². The topological polar surface area (TPSA) is 0 Å². The van der Waals surface area contributed by atoms with Gasteiger partial charge in [-0.15, -0.1) is 11.3 Å². The summed E-state index contributed by atoms with van der Waals surface area (Å²) in [6, 6.07) is 181. The zero-order valence-electron chi connectivity index (χ0n) is 77.9. The molecule has 0 aliphatic carbocycles. The molecule has 0 unspecified atom stereocenters. The van der Waals surface area contributed by atoms with Gasteiger partial charge >= 0.3 is 71.4 Å². The predicted octanol–water partition coefficient (Wildman–Crippen LogP) is 34.3. The maximum absolute atomic E-state index is 2.47. The van der Waals surface area contributed by atoms with Gasteiger partial charge < -0.3 is 0 Å². The Hall–Kier alpha value is -7.20. The number of hydrogen-bond acceptors (Lipinski definition) is 10. The third kappa shape index (κ3) is 30.5. The molecule has 0 atom stereocenters. The zero-order valence-corrected chi connectivity index (χ0v) is 98.4. The van der Waals surface area contributed by atoms with E-state index < -0.39 is 50.1 Å². The summed E-state index contributed by atoms with van der Waals surface area (Å²) >= 11 is 22.5. The van der Waals surface area contributed by atoms with E-state index in [0.717, 1.165) is 0 Å². The quantitative estimate of drug-likeness (QED) is 0.0468. The van der Waals surface area contributed by atoms with Crippen molar-refractivity contribution in [1.82, 2.24) is 0 Å². The molecule has 0 amide bonds. The first-order valence-electron chi connectivity index (χ1n) is 45.5. The van der Waals surface area contributed by atoms with Gasteiger partial charge in [0.15, 0.2) is 0 Å². The van der Waals surface area contributed by atoms with Crippen molar-refractivity contribution in [2.24, 2.45) is 0 Å². The minimum atomic E-state index is -1.67. The SMILES string of the molecule is CC1=C(c2ccccc2)S/C(=C2/SC(c3ccccc3)=C(c3ccc(C)s3)S2)S1.Cc1cc[c]([Sn]([CH3])([CH3])[CH3])s1.IC1=C(c2ccccc2)S/C(=C2\SC(I)=C(c3ccccc3)S2)S1.[Pd].c1ccc(P(c2ccccc2)c2ccccc2)cc1.c1ccc(P(c2ccccc2)c2ccccc2)cc1.c1ccc(P(c2ccccc2)c2ccccc2)cc1.c1ccc(P(c2ccccc2)c2ccccc2)cc1. The van der Waals surface area contributed by atoms with Crippen LogP contribution in [-0.4, -0.2) is 18.4 Å². The maximum Gasteiger partial charge on any atom is 0.0711 e. The van der Waals surface area contributed by atoms with Gasteiger partial charge in [-0.3, -0.25) is 0 Å². The monoisotopic (exact) mass is 2490 g/mol. The smallest absolute Gasteiger partial charge is 0.0711 e. The molecule has 18 aromatic rings. The van der Waals surface area contributed by atoms with E-state index in [1.54, 1.807) is 2.89 Å². The summed E-state index contributed by atoms with van der Waals surface area (Å²) in [5.74, 6) is 0. The van der Waals surface area contributed by atoms with Crippen LogP contribution in [0, 0.1) is 13.8 Å². The Morgan fingerprint density at radius 1 is 0.186 bits per heavy atom. The first-order valence-corrected chi connectivity index (χ1v) is 71.2. The van der Waals surface area contributed by atoms with Crippen molar-refractivity contribution in [1.29, 1.82) is 0 Å². The van der Waals surface area contributed by atoms with Crippen molar-refractivity contribution in [2.45, 2.75) is 35.6 Å². The summed E-state index contributed by atoms with van der Waals surface area (Å²) in [5, 5.41) is 16.8. The first kappa shape index (κ1) is 107. The Morgan fingerprint density at radius 2 is 0.371 bits per heavy atom. The zero-order chi connectivity index (χ0) is 95.8. The van der Waals surface area contributed by atoms with Crippen LogP contribution in [0.5, 0.6) is 0 Å². The second kappa shape index (κ2) is 55.9. The Balaban J connectivity index is 0.000000125. The van der Waals surface area contributed by atoms with E-state index in [1.807, 2.05) is 117 Å². The molecular formula is C122H102I2P4PdS10Sn. The Labute approximate surface area is 921 Å². The van der Waals surface area contributed by atoms with Crippen LogP contribution in [0.4, 0.5) is 0 Å². The van der Waals surface area contributed by atoms with Gasteiger partial charge in [-0.1, -0.05) is 579 Å². The van der Waals surface area contributed by atoms with Crippen LogP contribution in [0.2, 0.25) is 14.8 Å². The van der Waals surface area contributed by atoms with Crippen LogP contribution < -0.4 is 66.5 Å². The second-order valence-corrected chi connectivity index (χ2v) is 72.5. The molecule has 18 heteroatoms. The number of allylic oxidation sites excluding steroid dienone is 1. The van der Waals surface area contributed by atoms with E-state index in [4.69, 9.17) is 0 Å². The van der Waals surface area contributed by atoms with Crippen molar-refractivity contribution in [3.8, 4) is 0 Å². The first-order chi connectivity index (χ1) is 68.2. The normalized spacial score (nSPS) is 14.3. The van der Waals surface area contributed by atoms with Gasteiger partial charge in [-0.2, -0.15) is 0 Å². The largest absolute Gasteiger partial charge is 0.0786 e. The van der Waals surface area contributed by atoms with E-state index in [0.29, 0.717) is 0 Å². The molecule has 0 radical (unpaired) electrons. The molecule has 0 fully saturated rings. The molecule has 0 saturated carbocycles. The number of aryl methyl sites for hydroxylation is 2. The van der Waals surface area contributed by atoms with Gasteiger partial charge in [0.2, 0.25) is 0 Å². The predicted molar refractivity (Wildman–Crippen MR) is 664 cm³/mol. The molecule has 6 heterocycles. The summed E-state index contributed by atoms with van der Waals surface area (Å²) < 4.78 is 10.1. The van der Waals surface area contributed by atoms with Crippen LogP contribution in [0.1, 0.15) is 43.8 Å². The fourth-order valence-corrected chi connectivity index (χ4v) is 46.0. The number of thioether (sulfide) groups is 8. The average Bonchev–Trinajstić information content (AvgIpc) is 1.63. The summed E-state index contributed by atoms with van der Waals surface area (Å²) in [5.41, 5.74) is 5.25. The van der Waals surface area contributed by atoms with Crippen molar-refractivity contribution in [3.63, 3.8) is 0 Å². The van der Waals surface area contributed by atoms with Crippen LogP contribution in [0.15, 0.2) is 537 Å². The van der Waals surface area contributed by atoms with E-state index >= 15 is 0 Å². The number of hydrogen-bond donors (Lipinski definition) is 0. The van der Waals surface area contributed by atoms with Gasteiger partial charge in [-0.25, -0.2) is 0 Å². The van der Waals surface area contributed by atoms with E-state index in [-0.39, 0.29) is 20.4 Å². The molecule has 0 bridgehead atoms. The van der Waals surface area contributed by atoms with E-state index in [9.17, 15) is 0 Å². The number of thiophene rings is 2. The number of benzene rings is 16. The Bertz CT molecular complexity index is 6170. The van der Waals surface area contributed by atoms with Gasteiger partial charge in [-0.05, 0) is 189 Å². The molecule has 0 nitrogen and oxygen atoms in total. The molecular weight excluding hydrogens is 2390 g/mol. The standard InChI is InChI=1S/C24H18S5.C18H10I2S4.4C18H15P.C5H5S.3CH3.Pd.Sn/c1-15-13-14-19(25-15)22-21(18-11-7-4-8-12-18)28-24(29-22)23-26-16(2)20(27-23)17-9-5-3-6-10-17;19-15-13(11-7-3-1-4-8-11)21-17(23-15)18-22-14(16(20)24-18)12-9-5-2-6-10-12;4*1-4-10-16(11-5-1)19(17-12-6-2-7-13-17)18-14-8-3-9-15-18;1-5-3-2-4-6-5;;;;;/h3-14H,1-2H3;1-10H;4*1-15H;2-3H,1H3;3*1H3;;/b24-23-;18-17+;;;;;;;;;;. The Kier molecular flexibility index (Phi) is 42.8. The van der Waals surface area contributed by atoms with Crippen LogP contribution >= 0.6 is 194 Å². The molecule has 0 spiro atoms. The molecule has 2 aromatic heterocycles. The van der Waals surface area contributed by atoms with E-state index in [1.165, 1.54) is 153 Å². The van der Waals surface area contributed by atoms with Gasteiger partial charge in [0.05, 0.1) is 22.8 Å². The van der Waals surface area contributed by atoms with Crippen molar-refractivity contribution in [2.75, 3.05) is 0 Å². The summed E-state index contributed by atoms with van der Waals surface area (Å²) in [6.45, 7) is 6.61.